The lowest BCUT2D eigenvalue weighted by molar-refractivity contribution is -0.156. The molecule has 0 aliphatic carbocycles. The van der Waals surface area contributed by atoms with Gasteiger partial charge in [0.05, 0.1) is 11.4 Å². The van der Waals surface area contributed by atoms with Gasteiger partial charge < -0.3 is 19.5 Å². The lowest BCUT2D eigenvalue weighted by atomic mass is 10.1. The Morgan fingerprint density at radius 1 is 1.36 bits per heavy atom. The maximum absolute atomic E-state index is 12.1. The number of halogens is 1. The predicted octanol–water partition coefficient (Wildman–Crippen LogP) is 1.14. The quantitative estimate of drug-likeness (QED) is 0.801. The van der Waals surface area contributed by atoms with Gasteiger partial charge in [-0.05, 0) is 24.6 Å². The summed E-state index contributed by atoms with van der Waals surface area (Å²) in [6.45, 7) is 2.90. The molecule has 0 spiro atoms. The van der Waals surface area contributed by atoms with Crippen LogP contribution >= 0.6 is 11.6 Å². The molecule has 1 fully saturated rings. The van der Waals surface area contributed by atoms with Gasteiger partial charge in [0.25, 0.3) is 5.91 Å². The second-order valence-electron chi connectivity index (χ2n) is 5.63. The summed E-state index contributed by atoms with van der Waals surface area (Å²) in [4.78, 5) is 36.7. The number of nitrogens with zero attached hydrogens (tertiary/aromatic N) is 1. The number of rotatable bonds is 4. The van der Waals surface area contributed by atoms with Crippen LogP contribution < -0.4 is 14.8 Å². The topological polar surface area (TPSA) is 94.2 Å². The number of hydrogen-bond acceptors (Lipinski definition) is 6. The van der Waals surface area contributed by atoms with E-state index in [1.165, 1.54) is 6.92 Å². The lowest BCUT2D eigenvalue weighted by Crippen LogP contribution is -2.42. The fraction of sp³-hybridized carbons (Fsp3) is 0.438. The molecule has 0 radical (unpaired) electrons. The number of hydrogen-bond donors (Lipinski definition) is 1. The highest BCUT2D eigenvalue weighted by molar-refractivity contribution is 6.32. The van der Waals surface area contributed by atoms with E-state index in [9.17, 15) is 14.4 Å². The first-order chi connectivity index (χ1) is 12.0. The van der Waals surface area contributed by atoms with Gasteiger partial charge in [-0.1, -0.05) is 11.6 Å². The second-order valence-corrected chi connectivity index (χ2v) is 6.04. The van der Waals surface area contributed by atoms with Crippen LogP contribution in [0.25, 0.3) is 0 Å². The molecule has 0 aromatic heterocycles. The number of benzene rings is 1. The van der Waals surface area contributed by atoms with Gasteiger partial charge in [0.2, 0.25) is 0 Å². The van der Waals surface area contributed by atoms with Gasteiger partial charge in [-0.25, -0.2) is 4.79 Å². The highest BCUT2D eigenvalue weighted by atomic mass is 35.5. The highest BCUT2D eigenvalue weighted by Crippen LogP contribution is 2.38. The molecular weight excluding hydrogens is 352 g/mol. The molecule has 3 amide bonds. The van der Waals surface area contributed by atoms with Crippen molar-refractivity contribution < 1.29 is 28.6 Å². The second kappa shape index (κ2) is 7.18. The maximum Gasteiger partial charge on any atom is 0.324 e. The van der Waals surface area contributed by atoms with Gasteiger partial charge in [-0.15, -0.1) is 0 Å². The third-order valence-electron chi connectivity index (χ3n) is 3.78. The predicted molar refractivity (Wildman–Crippen MR) is 86.8 cm³/mol. The molecule has 2 aliphatic rings. The average molecular weight is 369 g/mol. The van der Waals surface area contributed by atoms with Crippen molar-refractivity contribution in [1.82, 2.24) is 10.2 Å². The van der Waals surface area contributed by atoms with Crippen molar-refractivity contribution >= 4 is 29.5 Å². The Morgan fingerprint density at radius 2 is 2.12 bits per heavy atom. The lowest BCUT2D eigenvalue weighted by Gasteiger charge is -2.20. The molecule has 25 heavy (non-hydrogen) atoms. The van der Waals surface area contributed by atoms with Crippen LogP contribution in [0.15, 0.2) is 12.1 Å². The Balaban J connectivity index is 1.61. The maximum atomic E-state index is 12.1. The van der Waals surface area contributed by atoms with Crippen LogP contribution in [0.4, 0.5) is 4.79 Å². The fourth-order valence-corrected chi connectivity index (χ4v) is 2.91. The molecule has 8 nitrogen and oxygen atoms in total. The van der Waals surface area contributed by atoms with Crippen molar-refractivity contribution in [2.24, 2.45) is 0 Å². The third-order valence-corrected chi connectivity index (χ3v) is 4.06. The Morgan fingerprint density at radius 3 is 2.84 bits per heavy atom. The van der Waals surface area contributed by atoms with Crippen LogP contribution in [-0.4, -0.2) is 55.2 Å². The smallest absolute Gasteiger partial charge is 0.324 e. The fourth-order valence-electron chi connectivity index (χ4n) is 2.62. The van der Waals surface area contributed by atoms with E-state index in [1.807, 2.05) is 0 Å². The first kappa shape index (κ1) is 17.3. The Kier molecular flexibility index (Phi) is 4.98. The molecule has 1 N–H and O–H groups in total. The van der Waals surface area contributed by atoms with Crippen LogP contribution in [-0.2, 0) is 20.7 Å². The Bertz CT molecular complexity index is 723. The summed E-state index contributed by atoms with van der Waals surface area (Å²) in [5.74, 6) is -0.232. The number of carbonyl (C=O) groups excluding carboxylic acids is 3. The highest BCUT2D eigenvalue weighted by Gasteiger charge is 2.31. The van der Waals surface area contributed by atoms with Crippen LogP contribution in [0, 0.1) is 0 Å². The van der Waals surface area contributed by atoms with Gasteiger partial charge >= 0.3 is 12.0 Å². The van der Waals surface area contributed by atoms with Crippen molar-refractivity contribution in [2.75, 3.05) is 26.3 Å². The van der Waals surface area contributed by atoms with E-state index in [0.717, 1.165) is 4.90 Å². The minimum absolute atomic E-state index is 0.0832. The first-order valence-electron chi connectivity index (χ1n) is 7.82. The van der Waals surface area contributed by atoms with E-state index in [2.05, 4.69) is 5.32 Å². The van der Waals surface area contributed by atoms with Crippen molar-refractivity contribution in [1.29, 1.82) is 0 Å². The number of fused-ring (bicyclic) bond motifs is 1. The van der Waals surface area contributed by atoms with Gasteiger partial charge in [-0.2, -0.15) is 0 Å². The Hall–Kier alpha value is -2.48. The molecule has 3 rings (SSSR count). The molecule has 0 bridgehead atoms. The van der Waals surface area contributed by atoms with Crippen molar-refractivity contribution in [2.45, 2.75) is 19.4 Å². The van der Waals surface area contributed by atoms with Gasteiger partial charge in [0.15, 0.2) is 17.6 Å². The van der Waals surface area contributed by atoms with Crippen LogP contribution in [0.1, 0.15) is 12.5 Å². The minimum atomic E-state index is -1.05. The minimum Gasteiger partial charge on any atom is -0.486 e. The molecular formula is C16H17ClN2O6. The van der Waals surface area contributed by atoms with E-state index < -0.39 is 24.0 Å². The summed E-state index contributed by atoms with van der Waals surface area (Å²) in [7, 11) is 0. The van der Waals surface area contributed by atoms with Gasteiger partial charge in [-0.3, -0.25) is 14.5 Å². The van der Waals surface area contributed by atoms with E-state index in [0.29, 0.717) is 41.8 Å². The molecule has 1 unspecified atom stereocenters. The van der Waals surface area contributed by atoms with E-state index in [1.54, 1.807) is 12.1 Å². The van der Waals surface area contributed by atoms with E-state index >= 15 is 0 Å². The molecule has 2 aliphatic heterocycles. The molecule has 1 aromatic carbocycles. The summed E-state index contributed by atoms with van der Waals surface area (Å²) in [5.41, 5.74) is 0.581. The largest absolute Gasteiger partial charge is 0.486 e. The summed E-state index contributed by atoms with van der Waals surface area (Å²) < 4.78 is 16.0. The standard InChI is InChI=1S/C16H17ClN2O6/c1-9(15(21)19-3-2-18-16(19)22)25-13(20)8-10-6-11(17)14-12(7-10)23-4-5-24-14/h6-7,9H,2-5,8H2,1H3,(H,18,22). The SMILES string of the molecule is CC(OC(=O)Cc1cc(Cl)c2c(c1)OCCO2)C(=O)N1CCNC1=O. The average Bonchev–Trinajstić information content (AvgIpc) is 3.00. The van der Waals surface area contributed by atoms with Crippen molar-refractivity contribution in [3.63, 3.8) is 0 Å². The number of imide groups is 1. The monoisotopic (exact) mass is 368 g/mol. The normalized spacial score (nSPS) is 17.0. The van der Waals surface area contributed by atoms with Crippen LogP contribution in [0.2, 0.25) is 5.02 Å². The molecule has 1 saturated heterocycles. The molecule has 9 heteroatoms. The first-order valence-corrected chi connectivity index (χ1v) is 8.20. The summed E-state index contributed by atoms with van der Waals surface area (Å²) >= 11 is 6.13. The zero-order valence-corrected chi connectivity index (χ0v) is 14.3. The molecule has 134 valence electrons. The zero-order chi connectivity index (χ0) is 18.0. The summed E-state index contributed by atoms with van der Waals surface area (Å²) in [5, 5.41) is 2.86. The number of amides is 3. The number of carbonyl (C=O) groups is 3. The van der Waals surface area contributed by atoms with Crippen molar-refractivity contribution in [3.05, 3.63) is 22.7 Å². The number of nitrogens with one attached hydrogen (secondary N) is 1. The number of urea groups is 1. The number of ether oxygens (including phenoxy) is 3. The molecule has 0 saturated carbocycles. The van der Waals surface area contributed by atoms with Crippen LogP contribution in [0.5, 0.6) is 11.5 Å². The number of esters is 1. The van der Waals surface area contributed by atoms with Gasteiger partial charge in [0, 0.05) is 13.1 Å². The van der Waals surface area contributed by atoms with Gasteiger partial charge in [0.1, 0.15) is 13.2 Å². The van der Waals surface area contributed by atoms with E-state index in [-0.39, 0.29) is 13.0 Å². The molecule has 1 atom stereocenters. The molecule has 1 aromatic rings. The zero-order valence-electron chi connectivity index (χ0n) is 13.5. The third kappa shape index (κ3) is 3.79. The Labute approximate surface area is 149 Å². The summed E-state index contributed by atoms with van der Waals surface area (Å²) in [6.07, 6.45) is -1.13. The molecule has 2 heterocycles. The van der Waals surface area contributed by atoms with Crippen LogP contribution in [0.3, 0.4) is 0 Å². The van der Waals surface area contributed by atoms with Crippen molar-refractivity contribution in [3.8, 4) is 11.5 Å². The van der Waals surface area contributed by atoms with E-state index in [4.69, 9.17) is 25.8 Å². The summed E-state index contributed by atoms with van der Waals surface area (Å²) in [6, 6.07) is 2.77.